The Bertz CT molecular complexity index is 416. The standard InChI is InChI=1S/C17H26BrNS/c1-4-17(5-2,20-3)12-19-14-10-13(11-14)15-8-6-7-9-16(15)18/h6-9,13-14,19H,4-5,10-12H2,1-3H3. The third-order valence-electron chi connectivity index (χ3n) is 4.92. The average molecular weight is 356 g/mol. The van der Waals surface area contributed by atoms with Gasteiger partial charge in [0.05, 0.1) is 0 Å². The van der Waals surface area contributed by atoms with Gasteiger partial charge in [0.1, 0.15) is 0 Å². The fraction of sp³-hybridized carbons (Fsp3) is 0.647. The van der Waals surface area contributed by atoms with Crippen molar-refractivity contribution in [2.75, 3.05) is 12.8 Å². The van der Waals surface area contributed by atoms with Crippen LogP contribution in [0, 0.1) is 0 Å². The lowest BCUT2D eigenvalue weighted by molar-refractivity contribution is 0.278. The van der Waals surface area contributed by atoms with E-state index in [0.29, 0.717) is 10.8 Å². The minimum atomic E-state index is 0.429. The highest BCUT2D eigenvalue weighted by molar-refractivity contribution is 9.10. The van der Waals surface area contributed by atoms with Crippen LogP contribution in [-0.4, -0.2) is 23.6 Å². The number of benzene rings is 1. The highest BCUT2D eigenvalue weighted by Gasteiger charge is 2.33. The number of hydrogen-bond acceptors (Lipinski definition) is 2. The molecule has 0 bridgehead atoms. The van der Waals surface area contributed by atoms with Crippen LogP contribution in [0.3, 0.4) is 0 Å². The van der Waals surface area contributed by atoms with E-state index in [1.54, 1.807) is 0 Å². The van der Waals surface area contributed by atoms with Gasteiger partial charge in [-0.15, -0.1) is 0 Å². The van der Waals surface area contributed by atoms with E-state index in [4.69, 9.17) is 0 Å². The fourth-order valence-corrected chi connectivity index (χ4v) is 4.45. The number of thioether (sulfide) groups is 1. The van der Waals surface area contributed by atoms with Crippen LogP contribution in [0.5, 0.6) is 0 Å². The number of nitrogens with one attached hydrogen (secondary N) is 1. The number of rotatable bonds is 7. The Labute approximate surface area is 136 Å². The summed E-state index contributed by atoms with van der Waals surface area (Å²) < 4.78 is 1.70. The maximum atomic E-state index is 3.80. The van der Waals surface area contributed by atoms with E-state index in [-0.39, 0.29) is 0 Å². The van der Waals surface area contributed by atoms with Crippen molar-refractivity contribution in [1.82, 2.24) is 5.32 Å². The summed E-state index contributed by atoms with van der Waals surface area (Å²) in [6.45, 7) is 5.77. The van der Waals surface area contributed by atoms with Gasteiger partial charge < -0.3 is 5.32 Å². The Hall–Kier alpha value is 0.01000. The second-order valence-corrected chi connectivity index (χ2v) is 7.99. The predicted molar refractivity (Wildman–Crippen MR) is 94.7 cm³/mol. The Morgan fingerprint density at radius 1 is 1.25 bits per heavy atom. The quantitative estimate of drug-likeness (QED) is 0.720. The molecule has 0 atom stereocenters. The van der Waals surface area contributed by atoms with Crippen LogP contribution >= 0.6 is 27.7 Å². The smallest absolute Gasteiger partial charge is 0.0276 e. The van der Waals surface area contributed by atoms with Gasteiger partial charge in [0.2, 0.25) is 0 Å². The fourth-order valence-electron chi connectivity index (χ4n) is 3.04. The Balaban J connectivity index is 1.81. The molecular formula is C17H26BrNS. The molecule has 1 aliphatic rings. The van der Waals surface area contributed by atoms with Gasteiger partial charge in [0.25, 0.3) is 0 Å². The minimum absolute atomic E-state index is 0.429. The zero-order valence-corrected chi connectivity index (χ0v) is 15.2. The van der Waals surface area contributed by atoms with Gasteiger partial charge in [-0.25, -0.2) is 0 Å². The van der Waals surface area contributed by atoms with E-state index >= 15 is 0 Å². The van der Waals surface area contributed by atoms with E-state index in [0.717, 1.165) is 12.5 Å². The summed E-state index contributed by atoms with van der Waals surface area (Å²) in [6.07, 6.45) is 7.30. The second kappa shape index (κ2) is 7.33. The average Bonchev–Trinajstić information content (AvgIpc) is 2.44. The van der Waals surface area contributed by atoms with Gasteiger partial charge in [0, 0.05) is 21.8 Å². The molecule has 0 unspecified atom stereocenters. The number of halogens is 1. The molecule has 0 heterocycles. The molecule has 1 saturated carbocycles. The Morgan fingerprint density at radius 3 is 2.45 bits per heavy atom. The Morgan fingerprint density at radius 2 is 1.90 bits per heavy atom. The van der Waals surface area contributed by atoms with Crippen molar-refractivity contribution in [2.24, 2.45) is 0 Å². The first-order valence-electron chi connectivity index (χ1n) is 7.67. The van der Waals surface area contributed by atoms with E-state index in [1.165, 1.54) is 35.7 Å². The van der Waals surface area contributed by atoms with Crippen LogP contribution in [0.25, 0.3) is 0 Å². The van der Waals surface area contributed by atoms with Gasteiger partial charge in [-0.05, 0) is 49.5 Å². The molecule has 0 aliphatic heterocycles. The second-order valence-electron chi connectivity index (χ2n) is 5.86. The van der Waals surface area contributed by atoms with E-state index in [2.05, 4.69) is 65.6 Å². The van der Waals surface area contributed by atoms with Crippen LogP contribution < -0.4 is 5.32 Å². The van der Waals surface area contributed by atoms with E-state index in [1.807, 2.05) is 11.8 Å². The summed E-state index contributed by atoms with van der Waals surface area (Å²) in [5, 5.41) is 3.80. The van der Waals surface area contributed by atoms with Crippen molar-refractivity contribution in [3.63, 3.8) is 0 Å². The van der Waals surface area contributed by atoms with Gasteiger partial charge in [-0.1, -0.05) is 48.0 Å². The first-order chi connectivity index (χ1) is 9.64. The zero-order valence-electron chi connectivity index (χ0n) is 12.8. The van der Waals surface area contributed by atoms with Gasteiger partial charge in [-0.2, -0.15) is 11.8 Å². The molecule has 0 spiro atoms. The van der Waals surface area contributed by atoms with Crippen molar-refractivity contribution in [3.8, 4) is 0 Å². The first kappa shape index (κ1) is 16.4. The Kier molecular flexibility index (Phi) is 6.00. The molecule has 3 heteroatoms. The predicted octanol–water partition coefficient (Wildman–Crippen LogP) is 5.21. The maximum absolute atomic E-state index is 3.80. The van der Waals surface area contributed by atoms with E-state index < -0.39 is 0 Å². The molecule has 1 aliphatic carbocycles. The SMILES string of the molecule is CCC(CC)(CNC1CC(c2ccccc2Br)C1)SC. The molecule has 1 aromatic carbocycles. The zero-order chi connectivity index (χ0) is 14.6. The summed E-state index contributed by atoms with van der Waals surface area (Å²) in [7, 11) is 0. The molecule has 1 nitrogen and oxygen atoms in total. The molecule has 20 heavy (non-hydrogen) atoms. The molecule has 1 fully saturated rings. The molecule has 0 radical (unpaired) electrons. The van der Waals surface area contributed by atoms with Gasteiger partial charge >= 0.3 is 0 Å². The minimum Gasteiger partial charge on any atom is -0.313 e. The third kappa shape index (κ3) is 3.61. The summed E-state index contributed by atoms with van der Waals surface area (Å²) in [5.74, 6) is 0.731. The molecule has 0 amide bonds. The molecule has 0 aromatic heterocycles. The van der Waals surface area contributed by atoms with Crippen LogP contribution in [0.15, 0.2) is 28.7 Å². The van der Waals surface area contributed by atoms with Crippen molar-refractivity contribution >= 4 is 27.7 Å². The third-order valence-corrected chi connectivity index (χ3v) is 7.23. The van der Waals surface area contributed by atoms with Crippen molar-refractivity contribution in [3.05, 3.63) is 34.3 Å². The largest absolute Gasteiger partial charge is 0.313 e. The van der Waals surface area contributed by atoms with Gasteiger partial charge in [-0.3, -0.25) is 0 Å². The van der Waals surface area contributed by atoms with Crippen molar-refractivity contribution < 1.29 is 0 Å². The van der Waals surface area contributed by atoms with Crippen LogP contribution in [0.2, 0.25) is 0 Å². The summed E-state index contributed by atoms with van der Waals surface area (Å²) in [6, 6.07) is 9.36. The monoisotopic (exact) mass is 355 g/mol. The van der Waals surface area contributed by atoms with Crippen LogP contribution in [-0.2, 0) is 0 Å². The molecule has 1 aromatic rings. The highest BCUT2D eigenvalue weighted by atomic mass is 79.9. The van der Waals surface area contributed by atoms with Gasteiger partial charge in [0.15, 0.2) is 0 Å². The normalized spacial score (nSPS) is 22.6. The lowest BCUT2D eigenvalue weighted by Gasteiger charge is -2.40. The first-order valence-corrected chi connectivity index (χ1v) is 9.69. The molecule has 1 N–H and O–H groups in total. The summed E-state index contributed by atoms with van der Waals surface area (Å²) in [5.41, 5.74) is 1.48. The maximum Gasteiger partial charge on any atom is 0.0276 e. The number of hydrogen-bond donors (Lipinski definition) is 1. The van der Waals surface area contributed by atoms with Crippen LogP contribution in [0.4, 0.5) is 0 Å². The lowest BCUT2D eigenvalue weighted by atomic mass is 9.75. The van der Waals surface area contributed by atoms with Crippen molar-refractivity contribution in [2.45, 2.75) is 56.2 Å². The molecule has 112 valence electrons. The molecule has 2 rings (SSSR count). The molecular weight excluding hydrogens is 330 g/mol. The topological polar surface area (TPSA) is 12.0 Å². The van der Waals surface area contributed by atoms with Crippen LogP contribution in [0.1, 0.15) is 51.0 Å². The summed E-state index contributed by atoms with van der Waals surface area (Å²) >= 11 is 5.70. The lowest BCUT2D eigenvalue weighted by Crippen LogP contribution is -2.46. The molecule has 0 saturated heterocycles. The van der Waals surface area contributed by atoms with E-state index in [9.17, 15) is 0 Å². The van der Waals surface area contributed by atoms with Crippen molar-refractivity contribution in [1.29, 1.82) is 0 Å². The summed E-state index contributed by atoms with van der Waals surface area (Å²) in [4.78, 5) is 0. The highest BCUT2D eigenvalue weighted by Crippen LogP contribution is 2.40.